The predicted octanol–water partition coefficient (Wildman–Crippen LogP) is -0.0413. The summed E-state index contributed by atoms with van der Waals surface area (Å²) < 4.78 is 10.5. The lowest BCUT2D eigenvalue weighted by Gasteiger charge is -2.25. The first-order chi connectivity index (χ1) is 14.7. The zero-order valence-electron chi connectivity index (χ0n) is 17.7. The number of fused-ring (bicyclic) bond motifs is 1. The van der Waals surface area contributed by atoms with Crippen LogP contribution in [0.15, 0.2) is 0 Å². The molecular formula is C18H34IN5O6S. The Hall–Kier alpha value is -0.870. The minimum absolute atomic E-state index is 0.0580. The number of urea groups is 1. The van der Waals surface area contributed by atoms with Crippen LogP contribution in [-0.2, 0) is 19.1 Å². The number of alkyl halides is 1. The van der Waals surface area contributed by atoms with Crippen molar-refractivity contribution in [2.24, 2.45) is 11.5 Å². The summed E-state index contributed by atoms with van der Waals surface area (Å²) in [5.41, 5.74) is 11.2. The van der Waals surface area contributed by atoms with Crippen LogP contribution in [0.3, 0.4) is 0 Å². The Bertz CT molecular complexity index is 586. The lowest BCUT2D eigenvalue weighted by molar-refractivity contribution is -0.137. The van der Waals surface area contributed by atoms with Gasteiger partial charge in [0.1, 0.15) is 0 Å². The van der Waals surface area contributed by atoms with Crippen LogP contribution in [0.1, 0.15) is 32.6 Å². The van der Waals surface area contributed by atoms with Crippen LogP contribution in [0.4, 0.5) is 4.79 Å². The molecule has 2 saturated heterocycles. The van der Waals surface area contributed by atoms with Crippen molar-refractivity contribution in [2.75, 3.05) is 36.6 Å². The van der Waals surface area contributed by atoms with Gasteiger partial charge in [0.05, 0.1) is 36.3 Å². The molecule has 0 spiro atoms. The zero-order chi connectivity index (χ0) is 23.3. The zero-order valence-corrected chi connectivity index (χ0v) is 20.7. The molecule has 3 atom stereocenters. The number of nitrogens with two attached hydrogens (primary N) is 2. The molecule has 31 heavy (non-hydrogen) atoms. The van der Waals surface area contributed by atoms with Crippen molar-refractivity contribution in [1.29, 1.82) is 0 Å². The van der Waals surface area contributed by atoms with Crippen LogP contribution in [0, 0.1) is 0 Å². The summed E-state index contributed by atoms with van der Waals surface area (Å²) >= 11 is 3.80. The Morgan fingerprint density at radius 1 is 1.29 bits per heavy atom. The number of hydrogen-bond donors (Lipinski definition) is 6. The maximum atomic E-state index is 11.1. The molecule has 0 aromatic rings. The third-order valence-electron chi connectivity index (χ3n) is 4.48. The van der Waals surface area contributed by atoms with Crippen LogP contribution < -0.4 is 27.4 Å². The minimum Gasteiger partial charge on any atom is -0.481 e. The maximum absolute atomic E-state index is 11.1. The average Bonchev–Trinajstić information content (AvgIpc) is 3.24. The molecule has 180 valence electrons. The number of aliphatic carboxylic acids is 1. The van der Waals surface area contributed by atoms with Gasteiger partial charge >= 0.3 is 12.0 Å². The van der Waals surface area contributed by atoms with Crippen LogP contribution in [0.2, 0.25) is 0 Å². The summed E-state index contributed by atoms with van der Waals surface area (Å²) in [6.45, 7) is 3.50. The Balaban J connectivity index is 0.000000311. The molecule has 0 aliphatic carbocycles. The molecule has 2 aliphatic rings. The second kappa shape index (κ2) is 15.1. The quantitative estimate of drug-likeness (QED) is 0.0578. The van der Waals surface area contributed by atoms with E-state index >= 15 is 0 Å². The van der Waals surface area contributed by atoms with Crippen molar-refractivity contribution < 1.29 is 29.0 Å². The number of carboxylic acid groups (broad SMARTS) is 1. The summed E-state index contributed by atoms with van der Waals surface area (Å²) in [6, 6.07) is 0.440. The molecule has 0 unspecified atom stereocenters. The van der Waals surface area contributed by atoms with E-state index in [1.54, 1.807) is 0 Å². The van der Waals surface area contributed by atoms with E-state index in [2.05, 4.69) is 16.0 Å². The largest absolute Gasteiger partial charge is 0.481 e. The van der Waals surface area contributed by atoms with E-state index in [0.29, 0.717) is 29.5 Å². The van der Waals surface area contributed by atoms with Crippen molar-refractivity contribution in [2.45, 2.75) is 55.7 Å². The molecule has 8 N–H and O–H groups in total. The Kier molecular flexibility index (Phi) is 13.7. The van der Waals surface area contributed by atoms with Crippen molar-refractivity contribution in [3.63, 3.8) is 0 Å². The number of hydrogen-bond acceptors (Lipinski definition) is 8. The SMILES string of the molecule is CCOCCOCC(N)(N)NC(=O)CI.O=C(O)CCCC[C@@H]1SC[C@@H]2NC(=O)N[C@@H]21. The van der Waals surface area contributed by atoms with E-state index in [1.807, 2.05) is 41.3 Å². The van der Waals surface area contributed by atoms with Gasteiger partial charge < -0.3 is 30.5 Å². The number of carbonyl (C=O) groups excluding carboxylic acids is 2. The highest BCUT2D eigenvalue weighted by Crippen LogP contribution is 2.33. The van der Waals surface area contributed by atoms with Gasteiger partial charge in [0.25, 0.3) is 0 Å². The standard InChI is InChI=1S/C10H16N2O3S.C8H18IN3O3/c13-8(14)4-2-1-3-7-9-6(5-16-7)11-10(15)12-9;1-2-14-3-4-15-6-8(10,11)12-7(13)5-9/h6-7,9H,1-5H2,(H,13,14)(H2,11,12,15);2-6,10-11H2,1H3,(H,12,13)/t6-,7-,9-;/m0./s1. The fourth-order valence-corrected chi connectivity index (χ4v) is 4.83. The summed E-state index contributed by atoms with van der Waals surface area (Å²) in [5, 5.41) is 17.2. The average molecular weight is 575 g/mol. The number of ether oxygens (including phenoxy) is 2. The molecule has 0 aromatic heterocycles. The molecule has 0 bridgehead atoms. The number of unbranched alkanes of at least 4 members (excludes halogenated alkanes) is 1. The normalized spacial score (nSPS) is 22.1. The molecule has 3 amide bonds. The second-order valence-electron chi connectivity index (χ2n) is 7.23. The number of rotatable bonds is 13. The molecule has 0 radical (unpaired) electrons. The number of carbonyl (C=O) groups is 3. The van der Waals surface area contributed by atoms with Gasteiger partial charge in [0.15, 0.2) is 5.79 Å². The Morgan fingerprint density at radius 2 is 2.00 bits per heavy atom. The molecule has 11 nitrogen and oxygen atoms in total. The first-order valence-corrected chi connectivity index (χ1v) is 12.8. The van der Waals surface area contributed by atoms with Crippen LogP contribution in [0.5, 0.6) is 0 Å². The van der Waals surface area contributed by atoms with Gasteiger partial charge in [-0.25, -0.2) is 4.79 Å². The Labute approximate surface area is 200 Å². The monoisotopic (exact) mass is 575 g/mol. The lowest BCUT2D eigenvalue weighted by Crippen LogP contribution is -2.66. The third kappa shape index (κ3) is 12.1. The van der Waals surface area contributed by atoms with Crippen LogP contribution in [-0.4, -0.2) is 82.7 Å². The van der Waals surface area contributed by atoms with Gasteiger partial charge in [0.2, 0.25) is 5.91 Å². The van der Waals surface area contributed by atoms with E-state index in [4.69, 9.17) is 26.0 Å². The molecular weight excluding hydrogens is 541 g/mol. The molecule has 2 rings (SSSR count). The molecule has 2 aliphatic heterocycles. The smallest absolute Gasteiger partial charge is 0.315 e. The minimum atomic E-state index is -1.31. The summed E-state index contributed by atoms with van der Waals surface area (Å²) in [7, 11) is 0. The highest BCUT2D eigenvalue weighted by atomic mass is 127. The number of thioether (sulfide) groups is 1. The van der Waals surface area contributed by atoms with Gasteiger partial charge in [0, 0.05) is 24.0 Å². The van der Waals surface area contributed by atoms with E-state index in [0.717, 1.165) is 25.0 Å². The summed E-state index contributed by atoms with van der Waals surface area (Å²) in [6.07, 6.45) is 2.88. The number of nitrogens with one attached hydrogen (secondary N) is 3. The van der Waals surface area contributed by atoms with Crippen molar-refractivity contribution in [3.05, 3.63) is 0 Å². The van der Waals surface area contributed by atoms with Gasteiger partial charge in [-0.2, -0.15) is 11.8 Å². The first kappa shape index (κ1) is 28.2. The van der Waals surface area contributed by atoms with E-state index in [-0.39, 0.29) is 37.0 Å². The first-order valence-electron chi connectivity index (χ1n) is 10.2. The topological polar surface area (TPSA) is 178 Å². The fraction of sp³-hybridized carbons (Fsp3) is 0.833. The lowest BCUT2D eigenvalue weighted by atomic mass is 10.0. The predicted molar refractivity (Wildman–Crippen MR) is 127 cm³/mol. The highest BCUT2D eigenvalue weighted by Gasteiger charge is 2.42. The maximum Gasteiger partial charge on any atom is 0.315 e. The van der Waals surface area contributed by atoms with E-state index < -0.39 is 11.8 Å². The van der Waals surface area contributed by atoms with Crippen molar-refractivity contribution in [1.82, 2.24) is 16.0 Å². The summed E-state index contributed by atoms with van der Waals surface area (Å²) in [5.74, 6) is -1.29. The van der Waals surface area contributed by atoms with E-state index in [9.17, 15) is 14.4 Å². The van der Waals surface area contributed by atoms with Gasteiger partial charge in [-0.05, 0) is 19.8 Å². The molecule has 2 heterocycles. The van der Waals surface area contributed by atoms with Gasteiger partial charge in [-0.1, -0.05) is 29.0 Å². The highest BCUT2D eigenvalue weighted by molar-refractivity contribution is 14.1. The van der Waals surface area contributed by atoms with Crippen molar-refractivity contribution in [3.8, 4) is 0 Å². The van der Waals surface area contributed by atoms with Crippen LogP contribution >= 0.6 is 34.4 Å². The second-order valence-corrected chi connectivity index (χ2v) is 9.27. The Morgan fingerprint density at radius 3 is 2.65 bits per heavy atom. The van der Waals surface area contributed by atoms with E-state index in [1.165, 1.54) is 0 Å². The summed E-state index contributed by atoms with van der Waals surface area (Å²) in [4.78, 5) is 32.5. The van der Waals surface area contributed by atoms with Gasteiger partial charge in [-0.15, -0.1) is 0 Å². The van der Waals surface area contributed by atoms with Gasteiger partial charge in [-0.3, -0.25) is 21.1 Å². The number of halogens is 1. The fourth-order valence-electron chi connectivity index (χ4n) is 3.10. The molecule has 0 saturated carbocycles. The van der Waals surface area contributed by atoms with Crippen LogP contribution in [0.25, 0.3) is 0 Å². The molecule has 0 aromatic carbocycles. The molecule has 2 fully saturated rings. The van der Waals surface area contributed by atoms with Crippen molar-refractivity contribution >= 4 is 52.3 Å². The number of amides is 3. The molecule has 13 heteroatoms. The number of carboxylic acids is 1. The third-order valence-corrected chi connectivity index (χ3v) is 6.68.